The summed E-state index contributed by atoms with van der Waals surface area (Å²) in [6.45, 7) is 10.0. The molecule has 2 bridgehead atoms. The number of carboxylic acids is 1. The average molecular weight is 396 g/mol. The fraction of sp³-hybridized carbons (Fsp3) is 0.700. The first-order chi connectivity index (χ1) is 12.8. The van der Waals surface area contributed by atoms with Crippen molar-refractivity contribution in [3.8, 4) is 0 Å². The Labute approximate surface area is 163 Å². The highest BCUT2D eigenvalue weighted by molar-refractivity contribution is 6.00. The number of carboxylic acid groups (broad SMARTS) is 1. The molecule has 4 N–H and O–H groups in total. The summed E-state index contributed by atoms with van der Waals surface area (Å²) in [5.74, 6) is -5.57. The van der Waals surface area contributed by atoms with E-state index in [2.05, 4.69) is 6.58 Å². The van der Waals surface area contributed by atoms with Crippen molar-refractivity contribution in [2.45, 2.75) is 70.2 Å². The monoisotopic (exact) mass is 396 g/mol. The van der Waals surface area contributed by atoms with Crippen LogP contribution in [-0.2, 0) is 19.1 Å². The summed E-state index contributed by atoms with van der Waals surface area (Å²) < 4.78 is 11.6. The first-order valence-corrected chi connectivity index (χ1v) is 9.47. The summed E-state index contributed by atoms with van der Waals surface area (Å²) >= 11 is 0. The Morgan fingerprint density at radius 3 is 2.54 bits per heavy atom. The molecule has 0 aromatic carbocycles. The molecule has 28 heavy (non-hydrogen) atoms. The number of aliphatic hydroxyl groups is 3. The van der Waals surface area contributed by atoms with Gasteiger partial charge in [-0.25, -0.2) is 0 Å². The molecule has 0 amide bonds. The molecule has 8 nitrogen and oxygen atoms in total. The third-order valence-corrected chi connectivity index (χ3v) is 6.94. The predicted octanol–water partition coefficient (Wildman–Crippen LogP) is 0.751. The van der Waals surface area contributed by atoms with Gasteiger partial charge in [0.05, 0.1) is 12.2 Å². The zero-order chi connectivity index (χ0) is 21.2. The highest BCUT2D eigenvalue weighted by Crippen LogP contribution is 2.58. The Kier molecular flexibility index (Phi) is 4.78. The molecule has 0 spiro atoms. The molecule has 2 fully saturated rings. The van der Waals surface area contributed by atoms with Crippen molar-refractivity contribution >= 4 is 11.8 Å². The van der Waals surface area contributed by atoms with Gasteiger partial charge in [0.1, 0.15) is 17.3 Å². The van der Waals surface area contributed by atoms with Gasteiger partial charge in [-0.2, -0.15) is 0 Å². The van der Waals surface area contributed by atoms with Gasteiger partial charge in [0.15, 0.2) is 11.4 Å². The van der Waals surface area contributed by atoms with E-state index in [1.807, 2.05) is 0 Å². The quantitative estimate of drug-likeness (QED) is 0.549. The van der Waals surface area contributed by atoms with Crippen LogP contribution in [0.3, 0.4) is 0 Å². The number of hydrogen-bond acceptors (Lipinski definition) is 7. The van der Waals surface area contributed by atoms with Gasteiger partial charge in [-0.15, -0.1) is 0 Å². The first-order valence-electron chi connectivity index (χ1n) is 9.47. The van der Waals surface area contributed by atoms with E-state index in [9.17, 15) is 30.0 Å². The number of hydrogen-bond donors (Lipinski definition) is 4. The van der Waals surface area contributed by atoms with Gasteiger partial charge in [-0.3, -0.25) is 9.59 Å². The van der Waals surface area contributed by atoms with Crippen LogP contribution in [0.4, 0.5) is 0 Å². The second-order valence-electron chi connectivity index (χ2n) is 8.57. The fourth-order valence-corrected chi connectivity index (χ4v) is 4.79. The Balaban J connectivity index is 2.20. The molecule has 3 heterocycles. The normalized spacial score (nSPS) is 46.8. The van der Waals surface area contributed by atoms with Crippen LogP contribution in [0.5, 0.6) is 0 Å². The number of fused-ring (bicyclic) bond motifs is 3. The number of aliphatic carboxylic acids is 1. The van der Waals surface area contributed by atoms with E-state index in [1.54, 1.807) is 13.8 Å². The van der Waals surface area contributed by atoms with Gasteiger partial charge >= 0.3 is 5.97 Å². The lowest BCUT2D eigenvalue weighted by Crippen LogP contribution is -2.58. The van der Waals surface area contributed by atoms with Gasteiger partial charge in [0, 0.05) is 29.9 Å². The smallest absolute Gasteiger partial charge is 0.315 e. The maximum atomic E-state index is 12.5. The van der Waals surface area contributed by atoms with Gasteiger partial charge in [0.2, 0.25) is 5.78 Å². The largest absolute Gasteiger partial charge is 0.481 e. The Morgan fingerprint density at radius 1 is 1.39 bits per heavy atom. The lowest BCUT2D eigenvalue weighted by atomic mass is 9.63. The second kappa shape index (κ2) is 6.38. The van der Waals surface area contributed by atoms with Crippen LogP contribution in [0.2, 0.25) is 0 Å². The zero-order valence-electron chi connectivity index (χ0n) is 16.5. The molecule has 0 radical (unpaired) electrons. The molecule has 3 aliphatic rings. The molecule has 0 aromatic rings. The molecule has 156 valence electrons. The molecular weight excluding hydrogens is 368 g/mol. The molecule has 0 aliphatic carbocycles. The summed E-state index contributed by atoms with van der Waals surface area (Å²) in [5.41, 5.74) is -3.33. The van der Waals surface area contributed by atoms with Gasteiger partial charge in [-0.05, 0) is 20.3 Å². The van der Waals surface area contributed by atoms with Crippen LogP contribution in [-0.4, -0.2) is 61.9 Å². The average Bonchev–Trinajstić information content (AvgIpc) is 3.05. The summed E-state index contributed by atoms with van der Waals surface area (Å²) in [4.78, 5) is 24.9. The molecule has 8 heteroatoms. The van der Waals surface area contributed by atoms with Crippen molar-refractivity contribution in [1.29, 1.82) is 0 Å². The predicted molar refractivity (Wildman–Crippen MR) is 96.9 cm³/mol. The topological polar surface area (TPSA) is 134 Å². The van der Waals surface area contributed by atoms with Crippen molar-refractivity contribution in [3.63, 3.8) is 0 Å². The Bertz CT molecular complexity index is 759. The highest BCUT2D eigenvalue weighted by atomic mass is 16.6. The van der Waals surface area contributed by atoms with Crippen LogP contribution in [0.15, 0.2) is 24.0 Å². The van der Waals surface area contributed by atoms with Crippen LogP contribution in [0, 0.1) is 17.3 Å². The van der Waals surface area contributed by atoms with Gasteiger partial charge in [0.25, 0.3) is 0 Å². The summed E-state index contributed by atoms with van der Waals surface area (Å²) in [6, 6.07) is 0. The summed E-state index contributed by atoms with van der Waals surface area (Å²) in [7, 11) is 0. The zero-order valence-corrected chi connectivity index (χ0v) is 16.5. The van der Waals surface area contributed by atoms with E-state index in [0.29, 0.717) is 6.42 Å². The van der Waals surface area contributed by atoms with E-state index in [-0.39, 0.29) is 23.5 Å². The van der Waals surface area contributed by atoms with E-state index in [1.165, 1.54) is 19.9 Å². The standard InChI is InChI=1S/C20H28O8/c1-6-9(2)20(26)19(5,17(24)25)14-12(28-20)8-18(4)13(21)7-11(27-18)10(3)15(22)16(14)23/h7,9,12,14-16,22-23,26H,3,6,8H2,1-2,4-5H3,(H,24,25)/t9-,12-,14+,15-,16-,18+,19+,20+/m0/s1. The minimum atomic E-state index is -2.11. The first kappa shape index (κ1) is 21.0. The maximum Gasteiger partial charge on any atom is 0.315 e. The molecule has 8 atom stereocenters. The van der Waals surface area contributed by atoms with Gasteiger partial charge in [-0.1, -0.05) is 20.4 Å². The van der Waals surface area contributed by atoms with E-state index in [4.69, 9.17) is 9.47 Å². The third kappa shape index (κ3) is 2.51. The van der Waals surface area contributed by atoms with Crippen LogP contribution >= 0.6 is 0 Å². The van der Waals surface area contributed by atoms with Crippen LogP contribution in [0.1, 0.15) is 40.5 Å². The SMILES string of the molecule is C=C1C2=CC(=O)[C@@](C)(C[C@@H]3O[C@](O)([C@@H](C)CC)[C@@](C)(C(=O)O)[C@H]3[C@H](O)[C@H]1O)O2. The number of ketones is 1. The van der Waals surface area contributed by atoms with E-state index < -0.39 is 52.9 Å². The lowest BCUT2D eigenvalue weighted by Gasteiger charge is -2.42. The molecule has 0 saturated carbocycles. The van der Waals surface area contributed by atoms with Crippen molar-refractivity contribution < 1.29 is 39.5 Å². The summed E-state index contributed by atoms with van der Waals surface area (Å²) in [5, 5.41) is 43.1. The van der Waals surface area contributed by atoms with Crippen molar-refractivity contribution in [2.75, 3.05) is 0 Å². The van der Waals surface area contributed by atoms with Gasteiger partial charge < -0.3 is 29.9 Å². The number of carbonyl (C=O) groups excluding carboxylic acids is 1. The van der Waals surface area contributed by atoms with Crippen LogP contribution < -0.4 is 0 Å². The summed E-state index contributed by atoms with van der Waals surface area (Å²) in [6.07, 6.45) is -2.69. The molecular formula is C20H28O8. The molecule has 3 rings (SSSR count). The fourth-order valence-electron chi connectivity index (χ4n) is 4.79. The third-order valence-electron chi connectivity index (χ3n) is 6.94. The number of rotatable bonds is 3. The Morgan fingerprint density at radius 2 is 2.00 bits per heavy atom. The molecule has 0 unspecified atom stereocenters. The lowest BCUT2D eigenvalue weighted by molar-refractivity contribution is -0.269. The molecule has 3 aliphatic heterocycles. The second-order valence-corrected chi connectivity index (χ2v) is 8.57. The van der Waals surface area contributed by atoms with E-state index >= 15 is 0 Å². The Hall–Kier alpha value is -1.74. The molecule has 2 saturated heterocycles. The minimum Gasteiger partial charge on any atom is -0.481 e. The maximum absolute atomic E-state index is 12.5. The number of carbonyl (C=O) groups is 2. The minimum absolute atomic E-state index is 0.0167. The number of aliphatic hydroxyl groups excluding tert-OH is 2. The number of ether oxygens (including phenoxy) is 2. The van der Waals surface area contributed by atoms with Crippen molar-refractivity contribution in [1.82, 2.24) is 0 Å². The van der Waals surface area contributed by atoms with Crippen molar-refractivity contribution in [3.05, 3.63) is 24.0 Å². The van der Waals surface area contributed by atoms with Crippen molar-refractivity contribution in [2.24, 2.45) is 17.3 Å². The van der Waals surface area contributed by atoms with Crippen LogP contribution in [0.25, 0.3) is 0 Å². The molecule has 0 aromatic heterocycles. The highest BCUT2D eigenvalue weighted by Gasteiger charge is 2.71. The van der Waals surface area contributed by atoms with E-state index in [0.717, 1.165) is 0 Å².